The number of hydrogen-bond donors (Lipinski definition) is 1. The number of carbonyl (C=O) groups is 1. The van der Waals surface area contributed by atoms with Gasteiger partial charge in [-0.3, -0.25) is 0 Å². The monoisotopic (exact) mass is 276 g/mol. The molecule has 2 heterocycles. The molecule has 0 spiro atoms. The van der Waals surface area contributed by atoms with Crippen LogP contribution in [0.5, 0.6) is 0 Å². The number of benzene rings is 1. The van der Waals surface area contributed by atoms with Gasteiger partial charge in [0, 0.05) is 0 Å². The Bertz CT molecular complexity index is 882. The first-order valence-electron chi connectivity index (χ1n) is 5.89. The molecule has 0 aliphatic heterocycles. The predicted molar refractivity (Wildman–Crippen MR) is 68.6 cm³/mol. The maximum atomic E-state index is 13.3. The molecule has 0 radical (unpaired) electrons. The molecule has 3 aromatic rings. The minimum absolute atomic E-state index is 0.189. The zero-order valence-corrected chi connectivity index (χ0v) is 10.6. The summed E-state index contributed by atoms with van der Waals surface area (Å²) in [4.78, 5) is 29.3. The molecule has 0 fully saturated rings. The minimum Gasteiger partial charge on any atom is -0.466 e. The zero-order valence-electron chi connectivity index (χ0n) is 10.6. The molecule has 0 saturated heterocycles. The van der Waals surface area contributed by atoms with E-state index in [1.807, 2.05) is 0 Å². The number of ether oxygens (including phenoxy) is 1. The summed E-state index contributed by atoms with van der Waals surface area (Å²) >= 11 is 0. The van der Waals surface area contributed by atoms with Gasteiger partial charge in [0.05, 0.1) is 18.0 Å². The fourth-order valence-corrected chi connectivity index (χ4v) is 2.14. The highest BCUT2D eigenvalue weighted by Gasteiger charge is 2.17. The van der Waals surface area contributed by atoms with Gasteiger partial charge < -0.3 is 9.72 Å². The number of rotatable bonds is 2. The van der Waals surface area contributed by atoms with E-state index in [-0.39, 0.29) is 23.4 Å². The van der Waals surface area contributed by atoms with Crippen LogP contribution in [0.3, 0.4) is 0 Å². The van der Waals surface area contributed by atoms with Crippen LogP contribution in [0.4, 0.5) is 4.39 Å². The van der Waals surface area contributed by atoms with Gasteiger partial charge in [0.1, 0.15) is 5.82 Å². The van der Waals surface area contributed by atoms with Gasteiger partial charge >= 0.3 is 11.5 Å². The van der Waals surface area contributed by atoms with Crippen LogP contribution in [0, 0.1) is 5.82 Å². The summed E-state index contributed by atoms with van der Waals surface area (Å²) in [6.45, 7) is -0.189. The minimum atomic E-state index is -0.526. The van der Waals surface area contributed by atoms with E-state index in [0.717, 1.165) is 0 Å². The second-order valence-electron chi connectivity index (χ2n) is 4.35. The summed E-state index contributed by atoms with van der Waals surface area (Å²) in [6, 6.07) is 4.21. The Morgan fingerprint density at radius 1 is 1.50 bits per heavy atom. The van der Waals surface area contributed by atoms with Crippen molar-refractivity contribution in [2.24, 2.45) is 0 Å². The highest BCUT2D eigenvalue weighted by Crippen LogP contribution is 2.20. The molecule has 0 aliphatic carbocycles. The van der Waals surface area contributed by atoms with Crippen molar-refractivity contribution < 1.29 is 18.9 Å². The van der Waals surface area contributed by atoms with Crippen LogP contribution in [0.25, 0.3) is 21.9 Å². The Labute approximate surface area is 111 Å². The number of aromatic amines is 2. The lowest BCUT2D eigenvalue weighted by atomic mass is 10.2. The van der Waals surface area contributed by atoms with Gasteiger partial charge in [-0.15, -0.1) is 0 Å². The number of H-pyrrole nitrogens is 2. The van der Waals surface area contributed by atoms with Crippen molar-refractivity contribution in [3.8, 4) is 0 Å². The molecule has 0 unspecified atom stereocenters. The number of methoxy groups -OCH3 is 1. The molecule has 20 heavy (non-hydrogen) atoms. The molecule has 0 aliphatic rings. The summed E-state index contributed by atoms with van der Waals surface area (Å²) in [7, 11) is 1.25. The summed E-state index contributed by atoms with van der Waals surface area (Å²) < 4.78 is 19.0. The topological polar surface area (TPSA) is 78.2 Å². The lowest BCUT2D eigenvalue weighted by molar-refractivity contribution is -0.352. The van der Waals surface area contributed by atoms with E-state index in [4.69, 9.17) is 0 Å². The molecule has 0 saturated carbocycles. The average Bonchev–Trinajstić information content (AvgIpc) is 2.80. The van der Waals surface area contributed by atoms with Crippen LogP contribution in [-0.4, -0.2) is 22.6 Å². The summed E-state index contributed by atoms with van der Waals surface area (Å²) in [5, 5.41) is 0.585. The normalized spacial score (nSPS) is 11.1. The molecule has 7 heteroatoms. The van der Waals surface area contributed by atoms with Crippen molar-refractivity contribution in [3.05, 3.63) is 40.7 Å². The average molecular weight is 276 g/mol. The first kappa shape index (κ1) is 12.3. The van der Waals surface area contributed by atoms with Crippen molar-refractivity contribution in [3.63, 3.8) is 0 Å². The van der Waals surface area contributed by atoms with Crippen molar-refractivity contribution >= 4 is 27.9 Å². The zero-order chi connectivity index (χ0) is 14.3. The van der Waals surface area contributed by atoms with Crippen molar-refractivity contribution in [1.82, 2.24) is 9.55 Å². The number of nitrogens with zero attached hydrogens (tertiary/aromatic N) is 1. The smallest absolute Gasteiger partial charge is 0.362 e. The summed E-state index contributed by atoms with van der Waals surface area (Å²) in [6.07, 6.45) is 1.37. The number of hydrogen-bond acceptors (Lipinski definition) is 3. The van der Waals surface area contributed by atoms with Crippen LogP contribution < -0.4 is 10.5 Å². The Hall–Kier alpha value is -2.70. The van der Waals surface area contributed by atoms with Gasteiger partial charge in [-0.1, -0.05) is 0 Å². The maximum absolute atomic E-state index is 13.3. The predicted octanol–water partition coefficient (Wildman–Crippen LogP) is 0.609. The molecule has 0 amide bonds. The van der Waals surface area contributed by atoms with Crippen molar-refractivity contribution in [2.75, 3.05) is 7.11 Å². The molecule has 3 rings (SSSR count). The number of halogens is 1. The van der Waals surface area contributed by atoms with Crippen LogP contribution in [0.2, 0.25) is 0 Å². The number of nitrogens with one attached hydrogen (secondary N) is 2. The molecule has 2 N–H and O–H groups in total. The Balaban J connectivity index is 2.25. The first-order chi connectivity index (χ1) is 9.60. The van der Waals surface area contributed by atoms with E-state index in [1.54, 1.807) is 6.07 Å². The third-order valence-corrected chi connectivity index (χ3v) is 3.13. The lowest BCUT2D eigenvalue weighted by Crippen LogP contribution is -2.29. The van der Waals surface area contributed by atoms with Crippen LogP contribution in [0.15, 0.2) is 29.3 Å². The quantitative estimate of drug-likeness (QED) is 0.696. The highest BCUT2D eigenvalue weighted by atomic mass is 19.1. The number of esters is 1. The molecular weight excluding hydrogens is 265 g/mol. The Morgan fingerprint density at radius 2 is 2.30 bits per heavy atom. The van der Waals surface area contributed by atoms with Gasteiger partial charge in [0.15, 0.2) is 17.6 Å². The first-order valence-corrected chi connectivity index (χ1v) is 5.89. The third-order valence-electron chi connectivity index (χ3n) is 3.13. The van der Waals surface area contributed by atoms with Gasteiger partial charge in [-0.05, 0) is 18.2 Å². The van der Waals surface area contributed by atoms with E-state index in [1.165, 1.54) is 30.1 Å². The van der Waals surface area contributed by atoms with E-state index >= 15 is 0 Å². The second kappa shape index (κ2) is 4.44. The van der Waals surface area contributed by atoms with Gasteiger partial charge in [0.25, 0.3) is 0 Å². The van der Waals surface area contributed by atoms with E-state index in [0.29, 0.717) is 16.4 Å². The fourth-order valence-electron chi connectivity index (χ4n) is 2.14. The number of fused-ring (bicyclic) bond motifs is 3. The molecule has 2 aromatic heterocycles. The van der Waals surface area contributed by atoms with Crippen LogP contribution in [0.1, 0.15) is 0 Å². The Kier molecular flexibility index (Phi) is 2.74. The lowest BCUT2D eigenvalue weighted by Gasteiger charge is -1.97. The molecule has 102 valence electrons. The number of aromatic nitrogens is 3. The second-order valence-corrected chi connectivity index (χ2v) is 4.35. The van der Waals surface area contributed by atoms with Gasteiger partial charge in [0.2, 0.25) is 6.33 Å². The van der Waals surface area contributed by atoms with E-state index < -0.39 is 5.97 Å². The number of carbonyl (C=O) groups excluding carboxylic acids is 1. The molecule has 0 atom stereocenters. The standard InChI is InChI=1S/C13H10FN3O3/c1-20-10(18)5-17-6-15-11-8-4-7(14)2-3-9(8)16-12(11)13(17)19/h2-4,6,16H,5H2,1H3/p+1. The van der Waals surface area contributed by atoms with Gasteiger partial charge in [-0.25, -0.2) is 19.0 Å². The molecule has 0 bridgehead atoms. The maximum Gasteiger partial charge on any atom is 0.362 e. The molecule has 1 aromatic carbocycles. The van der Waals surface area contributed by atoms with Crippen LogP contribution >= 0.6 is 0 Å². The highest BCUT2D eigenvalue weighted by molar-refractivity contribution is 6.02. The van der Waals surface area contributed by atoms with Crippen LogP contribution in [-0.2, 0) is 16.1 Å². The van der Waals surface area contributed by atoms with Crippen molar-refractivity contribution in [1.29, 1.82) is 0 Å². The largest absolute Gasteiger partial charge is 0.466 e. The third kappa shape index (κ3) is 1.83. The summed E-state index contributed by atoms with van der Waals surface area (Å²) in [5.74, 6) is -0.910. The van der Waals surface area contributed by atoms with E-state index in [9.17, 15) is 14.0 Å². The molecular formula is C13H11FN3O3+. The SMILES string of the molecule is COC(=O)Cn1c[nH+]c2c([nH]c3ccc(F)cc32)c1=O. The summed E-state index contributed by atoms with van der Waals surface area (Å²) in [5.41, 5.74) is 1.06. The van der Waals surface area contributed by atoms with Crippen molar-refractivity contribution in [2.45, 2.75) is 6.54 Å². The Morgan fingerprint density at radius 3 is 3.05 bits per heavy atom. The van der Waals surface area contributed by atoms with E-state index in [2.05, 4.69) is 14.7 Å². The fraction of sp³-hybridized carbons (Fsp3) is 0.154. The van der Waals surface area contributed by atoms with Gasteiger partial charge in [-0.2, -0.15) is 4.57 Å². The molecule has 6 nitrogen and oxygen atoms in total.